The minimum atomic E-state index is -0.455. The number of ether oxygens (including phenoxy) is 1. The molecule has 30 heavy (non-hydrogen) atoms. The number of piperidine rings is 1. The maximum atomic E-state index is 12.3. The van der Waals surface area contributed by atoms with Crippen LogP contribution in [0.25, 0.3) is 16.6 Å². The van der Waals surface area contributed by atoms with Crippen LogP contribution < -0.4 is 0 Å². The second-order valence-corrected chi connectivity index (χ2v) is 9.53. The van der Waals surface area contributed by atoms with Crippen LogP contribution in [0.15, 0.2) is 36.9 Å². The molecule has 4 heterocycles. The van der Waals surface area contributed by atoms with Crippen molar-refractivity contribution in [2.75, 3.05) is 13.1 Å². The molecule has 7 nitrogen and oxygen atoms in total. The fourth-order valence-electron chi connectivity index (χ4n) is 4.21. The summed E-state index contributed by atoms with van der Waals surface area (Å²) in [5.74, 6) is 0.407. The molecule has 0 aromatic carbocycles. The molecule has 1 saturated heterocycles. The predicted molar refractivity (Wildman–Crippen MR) is 114 cm³/mol. The first-order valence-corrected chi connectivity index (χ1v) is 10.9. The van der Waals surface area contributed by atoms with E-state index in [0.717, 1.165) is 42.6 Å². The molecule has 0 bridgehead atoms. The van der Waals surface area contributed by atoms with Gasteiger partial charge in [0.15, 0.2) is 0 Å². The zero-order valence-corrected chi connectivity index (χ0v) is 17.9. The number of carbonyl (C=O) groups is 1. The first kappa shape index (κ1) is 19.2. The van der Waals surface area contributed by atoms with Gasteiger partial charge >= 0.3 is 6.09 Å². The van der Waals surface area contributed by atoms with Crippen LogP contribution in [-0.2, 0) is 4.74 Å². The molecule has 0 atom stereocenters. The maximum Gasteiger partial charge on any atom is 0.410 e. The number of nitrogens with zero attached hydrogens (tertiary/aromatic N) is 5. The Kier molecular flexibility index (Phi) is 4.56. The highest BCUT2D eigenvalue weighted by atomic mass is 16.6. The molecule has 0 radical (unpaired) electrons. The summed E-state index contributed by atoms with van der Waals surface area (Å²) in [5.41, 5.74) is 4.21. The van der Waals surface area contributed by atoms with Crippen LogP contribution in [0.3, 0.4) is 0 Å². The van der Waals surface area contributed by atoms with E-state index in [2.05, 4.69) is 39.4 Å². The van der Waals surface area contributed by atoms with E-state index in [9.17, 15) is 4.79 Å². The van der Waals surface area contributed by atoms with Crippen molar-refractivity contribution in [1.29, 1.82) is 0 Å². The summed E-state index contributed by atoms with van der Waals surface area (Å²) in [6.45, 7) is 7.15. The quantitative estimate of drug-likeness (QED) is 0.634. The van der Waals surface area contributed by atoms with Crippen LogP contribution >= 0.6 is 0 Å². The molecule has 1 aliphatic carbocycles. The van der Waals surface area contributed by atoms with E-state index in [1.54, 1.807) is 0 Å². The summed E-state index contributed by atoms with van der Waals surface area (Å²) in [4.78, 5) is 14.1. The SMILES string of the molecule is CC(C)(C)OC(=O)N1CCC(c2cnn3cc(-c4cnn(C5CC5)c4)ccc23)CC1. The third kappa shape index (κ3) is 3.80. The number of amides is 1. The molecule has 1 saturated carbocycles. The molecule has 2 aliphatic rings. The summed E-state index contributed by atoms with van der Waals surface area (Å²) in [5, 5.41) is 9.12. The molecule has 2 fully saturated rings. The summed E-state index contributed by atoms with van der Waals surface area (Å²) in [6.07, 6.45) is 12.3. The lowest BCUT2D eigenvalue weighted by molar-refractivity contribution is 0.0205. The van der Waals surface area contributed by atoms with Crippen LogP contribution in [-0.4, -0.2) is 49.1 Å². The Morgan fingerprint density at radius 3 is 2.47 bits per heavy atom. The zero-order chi connectivity index (χ0) is 20.9. The van der Waals surface area contributed by atoms with E-state index in [0.29, 0.717) is 12.0 Å². The predicted octanol–water partition coefficient (Wildman–Crippen LogP) is 4.65. The molecular formula is C23H29N5O2. The average Bonchev–Trinajstić information content (AvgIpc) is 3.29. The van der Waals surface area contributed by atoms with Crippen molar-refractivity contribution in [3.63, 3.8) is 0 Å². The number of aromatic nitrogens is 4. The van der Waals surface area contributed by atoms with Gasteiger partial charge in [0.1, 0.15) is 5.60 Å². The molecule has 0 N–H and O–H groups in total. The molecule has 158 valence electrons. The van der Waals surface area contributed by atoms with Crippen molar-refractivity contribution in [2.45, 2.75) is 64.0 Å². The van der Waals surface area contributed by atoms with Crippen molar-refractivity contribution < 1.29 is 9.53 Å². The summed E-state index contributed by atoms with van der Waals surface area (Å²) < 4.78 is 9.56. The van der Waals surface area contributed by atoms with Gasteiger partial charge in [0, 0.05) is 42.2 Å². The fourth-order valence-corrected chi connectivity index (χ4v) is 4.21. The van der Waals surface area contributed by atoms with Crippen LogP contribution in [0.2, 0.25) is 0 Å². The number of carbonyl (C=O) groups excluding carboxylic acids is 1. The van der Waals surface area contributed by atoms with Crippen LogP contribution in [0, 0.1) is 0 Å². The Hall–Kier alpha value is -2.83. The Bertz CT molecular complexity index is 1060. The number of pyridine rings is 1. The van der Waals surface area contributed by atoms with Gasteiger partial charge in [-0.3, -0.25) is 4.68 Å². The van der Waals surface area contributed by atoms with Gasteiger partial charge in [-0.05, 0) is 58.4 Å². The lowest BCUT2D eigenvalue weighted by Crippen LogP contribution is -2.41. The average molecular weight is 408 g/mol. The normalized spacial score (nSPS) is 18.2. The number of likely N-dealkylation sites (tertiary alicyclic amines) is 1. The number of rotatable bonds is 3. The first-order valence-electron chi connectivity index (χ1n) is 10.9. The molecule has 3 aromatic rings. The lowest BCUT2D eigenvalue weighted by Gasteiger charge is -2.33. The van der Waals surface area contributed by atoms with E-state index in [1.165, 1.54) is 18.4 Å². The molecule has 1 aliphatic heterocycles. The molecule has 7 heteroatoms. The van der Waals surface area contributed by atoms with Crippen molar-refractivity contribution in [2.24, 2.45) is 0 Å². The van der Waals surface area contributed by atoms with Gasteiger partial charge in [-0.15, -0.1) is 0 Å². The van der Waals surface area contributed by atoms with E-state index in [1.807, 2.05) is 42.6 Å². The van der Waals surface area contributed by atoms with Gasteiger partial charge in [0.25, 0.3) is 0 Å². The Morgan fingerprint density at radius 1 is 1.00 bits per heavy atom. The highest BCUT2D eigenvalue weighted by Crippen LogP contribution is 2.36. The molecular weight excluding hydrogens is 378 g/mol. The van der Waals surface area contributed by atoms with Crippen LogP contribution in [0.4, 0.5) is 4.79 Å². The summed E-state index contributed by atoms with van der Waals surface area (Å²) >= 11 is 0. The molecule has 5 rings (SSSR count). The van der Waals surface area contributed by atoms with Crippen molar-refractivity contribution >= 4 is 11.6 Å². The van der Waals surface area contributed by atoms with E-state index >= 15 is 0 Å². The second-order valence-electron chi connectivity index (χ2n) is 9.53. The fraction of sp³-hybridized carbons (Fsp3) is 0.522. The Balaban J connectivity index is 1.29. The van der Waals surface area contributed by atoms with E-state index < -0.39 is 5.60 Å². The second kappa shape index (κ2) is 7.15. The highest BCUT2D eigenvalue weighted by molar-refractivity contribution is 5.69. The van der Waals surface area contributed by atoms with Gasteiger partial charge in [-0.25, -0.2) is 9.31 Å². The molecule has 3 aromatic heterocycles. The van der Waals surface area contributed by atoms with Gasteiger partial charge in [0.05, 0.1) is 24.0 Å². The molecule has 1 amide bonds. The topological polar surface area (TPSA) is 64.7 Å². The van der Waals surface area contributed by atoms with Crippen molar-refractivity contribution in [3.05, 3.63) is 42.5 Å². The van der Waals surface area contributed by atoms with Crippen LogP contribution in [0.1, 0.15) is 64.0 Å². The minimum absolute atomic E-state index is 0.211. The first-order chi connectivity index (χ1) is 14.4. The minimum Gasteiger partial charge on any atom is -0.444 e. The van der Waals surface area contributed by atoms with Crippen molar-refractivity contribution in [1.82, 2.24) is 24.3 Å². The maximum absolute atomic E-state index is 12.3. The van der Waals surface area contributed by atoms with Gasteiger partial charge in [0.2, 0.25) is 0 Å². The monoisotopic (exact) mass is 407 g/mol. The third-order valence-electron chi connectivity index (χ3n) is 5.99. The Morgan fingerprint density at radius 2 is 1.77 bits per heavy atom. The van der Waals surface area contributed by atoms with Gasteiger partial charge in [-0.1, -0.05) is 6.07 Å². The smallest absolute Gasteiger partial charge is 0.410 e. The van der Waals surface area contributed by atoms with Crippen LogP contribution in [0.5, 0.6) is 0 Å². The molecule has 0 unspecified atom stereocenters. The standard InChI is InChI=1S/C23H29N5O2/c1-23(2,3)30-22(29)26-10-8-16(9-11-26)20-13-25-28-14-17(4-7-21(20)28)18-12-24-27(15-18)19-5-6-19/h4,7,12-16,19H,5-6,8-11H2,1-3H3. The number of hydrogen-bond donors (Lipinski definition) is 0. The van der Waals surface area contributed by atoms with Gasteiger partial charge < -0.3 is 9.64 Å². The summed E-state index contributed by atoms with van der Waals surface area (Å²) in [7, 11) is 0. The number of fused-ring (bicyclic) bond motifs is 1. The van der Waals surface area contributed by atoms with E-state index in [-0.39, 0.29) is 6.09 Å². The third-order valence-corrected chi connectivity index (χ3v) is 5.99. The summed E-state index contributed by atoms with van der Waals surface area (Å²) in [6, 6.07) is 4.90. The Labute approximate surface area is 176 Å². The molecule has 0 spiro atoms. The van der Waals surface area contributed by atoms with E-state index in [4.69, 9.17) is 4.74 Å². The van der Waals surface area contributed by atoms with Gasteiger partial charge in [-0.2, -0.15) is 10.2 Å². The highest BCUT2D eigenvalue weighted by Gasteiger charge is 2.29. The number of hydrogen-bond acceptors (Lipinski definition) is 4. The largest absolute Gasteiger partial charge is 0.444 e. The zero-order valence-electron chi connectivity index (χ0n) is 17.9. The van der Waals surface area contributed by atoms with Crippen molar-refractivity contribution in [3.8, 4) is 11.1 Å². The lowest BCUT2D eigenvalue weighted by atomic mass is 9.90.